The van der Waals surface area contributed by atoms with Crippen LogP contribution in [-0.4, -0.2) is 13.5 Å². The number of aliphatic hydroxyl groups excluding tert-OH is 1. The minimum absolute atomic E-state index is 0.158. The molecule has 0 fully saturated rings. The van der Waals surface area contributed by atoms with Crippen molar-refractivity contribution in [3.05, 3.63) is 40.0 Å². The van der Waals surface area contributed by atoms with Gasteiger partial charge < -0.3 is 9.52 Å². The van der Waals surface area contributed by atoms with Crippen molar-refractivity contribution in [2.24, 2.45) is 0 Å². The van der Waals surface area contributed by atoms with E-state index >= 15 is 0 Å². The molecule has 0 aliphatic rings. The highest BCUT2D eigenvalue weighted by Crippen LogP contribution is 2.27. The van der Waals surface area contributed by atoms with Crippen LogP contribution in [0.5, 0.6) is 0 Å². The van der Waals surface area contributed by atoms with Gasteiger partial charge in [-0.15, -0.1) is 11.3 Å². The smallest absolute Gasteiger partial charge is 0.242 e. The van der Waals surface area contributed by atoms with Gasteiger partial charge in [-0.05, 0) is 32.0 Å². The molecule has 2 heterocycles. The van der Waals surface area contributed by atoms with Gasteiger partial charge in [-0.3, -0.25) is 0 Å². The van der Waals surface area contributed by atoms with E-state index in [4.69, 9.17) is 9.52 Å². The summed E-state index contributed by atoms with van der Waals surface area (Å²) in [5.41, 5.74) is 0. The van der Waals surface area contributed by atoms with Crippen LogP contribution in [0.25, 0.3) is 0 Å². The molecule has 0 aliphatic heterocycles. The van der Waals surface area contributed by atoms with E-state index in [0.29, 0.717) is 15.5 Å². The van der Waals surface area contributed by atoms with E-state index in [-0.39, 0.29) is 11.5 Å². The van der Waals surface area contributed by atoms with Crippen LogP contribution in [0.1, 0.15) is 28.5 Å². The summed E-state index contributed by atoms with van der Waals surface area (Å²) in [7, 11) is -3.62. The molecule has 7 heteroatoms. The van der Waals surface area contributed by atoms with Gasteiger partial charge in [0.05, 0.1) is 23.8 Å². The second-order valence-corrected chi connectivity index (χ2v) is 7.17. The predicted octanol–water partition coefficient (Wildman–Crippen LogP) is 2.18. The molecule has 0 saturated heterocycles. The molecule has 0 bridgehead atoms. The summed E-state index contributed by atoms with van der Waals surface area (Å²) in [5.74, 6) is 0.554. The van der Waals surface area contributed by atoms with Gasteiger partial charge in [0.1, 0.15) is 5.76 Å². The summed E-state index contributed by atoms with van der Waals surface area (Å²) in [5, 5.41) is 9.05. The zero-order chi connectivity index (χ0) is 14.0. The van der Waals surface area contributed by atoms with Crippen LogP contribution in [-0.2, 0) is 16.6 Å². The lowest BCUT2D eigenvalue weighted by Crippen LogP contribution is -2.26. The molecular formula is C12H15NO4S2. The fourth-order valence-corrected chi connectivity index (χ4v) is 4.47. The third-order valence-corrected chi connectivity index (χ3v) is 5.50. The SMILES string of the molecule is Cc1sc(CO)cc1S(=O)(=O)NC(C)c1ccco1. The highest BCUT2D eigenvalue weighted by molar-refractivity contribution is 7.89. The first kappa shape index (κ1) is 14.3. The summed E-state index contributed by atoms with van der Waals surface area (Å²) in [6, 6.07) is 4.47. The minimum atomic E-state index is -3.62. The van der Waals surface area contributed by atoms with Crippen LogP contribution in [0, 0.1) is 6.92 Å². The Bertz CT molecular complexity index is 643. The topological polar surface area (TPSA) is 79.5 Å². The highest BCUT2D eigenvalue weighted by atomic mass is 32.2. The first-order valence-corrected chi connectivity index (χ1v) is 8.00. The quantitative estimate of drug-likeness (QED) is 0.887. The van der Waals surface area contributed by atoms with E-state index < -0.39 is 16.1 Å². The number of rotatable bonds is 5. The number of hydrogen-bond acceptors (Lipinski definition) is 5. The van der Waals surface area contributed by atoms with E-state index in [2.05, 4.69) is 4.72 Å². The maximum absolute atomic E-state index is 12.3. The van der Waals surface area contributed by atoms with E-state index in [0.717, 1.165) is 0 Å². The molecule has 0 spiro atoms. The molecule has 0 saturated carbocycles. The van der Waals surface area contributed by atoms with Crippen LogP contribution >= 0.6 is 11.3 Å². The Morgan fingerprint density at radius 2 is 2.26 bits per heavy atom. The van der Waals surface area contributed by atoms with Crippen molar-refractivity contribution in [3.8, 4) is 0 Å². The molecule has 0 radical (unpaired) electrons. The lowest BCUT2D eigenvalue weighted by molar-refractivity contribution is 0.285. The lowest BCUT2D eigenvalue weighted by atomic mass is 10.3. The Kier molecular flexibility index (Phi) is 4.10. The molecule has 2 rings (SSSR count). The summed E-state index contributed by atoms with van der Waals surface area (Å²) in [6.45, 7) is 3.27. The minimum Gasteiger partial charge on any atom is -0.468 e. The van der Waals surface area contributed by atoms with Gasteiger partial charge in [0, 0.05) is 9.75 Å². The van der Waals surface area contributed by atoms with Crippen molar-refractivity contribution in [1.82, 2.24) is 4.72 Å². The number of sulfonamides is 1. The van der Waals surface area contributed by atoms with Gasteiger partial charge in [0.25, 0.3) is 0 Å². The molecule has 0 aromatic carbocycles. The molecule has 2 aromatic heterocycles. The largest absolute Gasteiger partial charge is 0.468 e. The Labute approximate surface area is 115 Å². The Morgan fingerprint density at radius 3 is 2.79 bits per heavy atom. The van der Waals surface area contributed by atoms with Crippen LogP contribution in [0.2, 0.25) is 0 Å². The van der Waals surface area contributed by atoms with Gasteiger partial charge in [-0.2, -0.15) is 0 Å². The number of hydrogen-bond donors (Lipinski definition) is 2. The van der Waals surface area contributed by atoms with Crippen LogP contribution in [0.3, 0.4) is 0 Å². The summed E-state index contributed by atoms with van der Waals surface area (Å²) in [6.07, 6.45) is 1.50. The van der Waals surface area contributed by atoms with Crippen molar-refractivity contribution in [3.63, 3.8) is 0 Å². The molecule has 104 valence electrons. The van der Waals surface area contributed by atoms with Crippen molar-refractivity contribution in [1.29, 1.82) is 0 Å². The fraction of sp³-hybridized carbons (Fsp3) is 0.333. The number of nitrogens with one attached hydrogen (secondary N) is 1. The van der Waals surface area contributed by atoms with Crippen LogP contribution < -0.4 is 4.72 Å². The molecular weight excluding hydrogens is 286 g/mol. The van der Waals surface area contributed by atoms with Crippen LogP contribution in [0.15, 0.2) is 33.8 Å². The third-order valence-electron chi connectivity index (χ3n) is 2.67. The average Bonchev–Trinajstić information content (AvgIpc) is 2.96. The van der Waals surface area contributed by atoms with Crippen LogP contribution in [0.4, 0.5) is 0 Å². The van der Waals surface area contributed by atoms with Crippen molar-refractivity contribution in [2.75, 3.05) is 0 Å². The van der Waals surface area contributed by atoms with Crippen molar-refractivity contribution in [2.45, 2.75) is 31.4 Å². The third kappa shape index (κ3) is 3.06. The molecule has 2 N–H and O–H groups in total. The molecule has 0 amide bonds. The molecule has 5 nitrogen and oxygen atoms in total. The standard InChI is InChI=1S/C12H15NO4S2/c1-8(11-4-3-5-17-11)13-19(15,16)12-6-10(7-14)18-9(12)2/h3-6,8,13-14H,7H2,1-2H3. The predicted molar refractivity (Wildman–Crippen MR) is 72.4 cm³/mol. The van der Waals surface area contributed by atoms with E-state index in [1.54, 1.807) is 26.0 Å². The summed E-state index contributed by atoms with van der Waals surface area (Å²) in [4.78, 5) is 1.49. The maximum Gasteiger partial charge on any atom is 0.242 e. The first-order valence-electron chi connectivity index (χ1n) is 5.70. The number of furan rings is 1. The number of aliphatic hydroxyl groups is 1. The zero-order valence-electron chi connectivity index (χ0n) is 10.6. The monoisotopic (exact) mass is 301 g/mol. The molecule has 0 aliphatic carbocycles. The lowest BCUT2D eigenvalue weighted by Gasteiger charge is -2.11. The molecule has 1 unspecified atom stereocenters. The number of aryl methyl sites for hydroxylation is 1. The van der Waals surface area contributed by atoms with E-state index in [1.807, 2.05) is 0 Å². The zero-order valence-corrected chi connectivity index (χ0v) is 12.2. The highest BCUT2D eigenvalue weighted by Gasteiger charge is 2.23. The Balaban J connectivity index is 2.25. The van der Waals surface area contributed by atoms with Gasteiger partial charge in [-0.25, -0.2) is 13.1 Å². The van der Waals surface area contributed by atoms with Gasteiger partial charge in [0.2, 0.25) is 10.0 Å². The maximum atomic E-state index is 12.3. The summed E-state index contributed by atoms with van der Waals surface area (Å²) >= 11 is 1.27. The van der Waals surface area contributed by atoms with Crippen molar-refractivity contribution < 1.29 is 17.9 Å². The Hall–Kier alpha value is -1.15. The van der Waals surface area contributed by atoms with E-state index in [1.165, 1.54) is 23.7 Å². The van der Waals surface area contributed by atoms with Gasteiger partial charge >= 0.3 is 0 Å². The molecule has 1 atom stereocenters. The van der Waals surface area contributed by atoms with Gasteiger partial charge in [0.15, 0.2) is 0 Å². The van der Waals surface area contributed by atoms with Crippen molar-refractivity contribution >= 4 is 21.4 Å². The molecule has 19 heavy (non-hydrogen) atoms. The second kappa shape index (κ2) is 5.46. The fourth-order valence-electron chi connectivity index (χ4n) is 1.76. The first-order chi connectivity index (χ1) is 8.94. The average molecular weight is 301 g/mol. The second-order valence-electron chi connectivity index (χ2n) is 4.15. The normalized spacial score (nSPS) is 13.6. The molecule has 2 aromatic rings. The van der Waals surface area contributed by atoms with Gasteiger partial charge in [-0.1, -0.05) is 0 Å². The Morgan fingerprint density at radius 1 is 1.53 bits per heavy atom. The van der Waals surface area contributed by atoms with E-state index in [9.17, 15) is 8.42 Å². The summed E-state index contributed by atoms with van der Waals surface area (Å²) < 4.78 is 32.2. The number of thiophene rings is 1.